The highest BCUT2D eigenvalue weighted by molar-refractivity contribution is 5.75. The van der Waals surface area contributed by atoms with E-state index >= 15 is 0 Å². The van der Waals surface area contributed by atoms with E-state index in [1.807, 2.05) is 0 Å². The average Bonchev–Trinajstić information content (AvgIpc) is 2.23. The maximum atomic E-state index is 13.7. The molecule has 0 bridgehead atoms. The van der Waals surface area contributed by atoms with E-state index in [1.54, 1.807) is 0 Å². The Kier molecular flexibility index (Phi) is 2.95. The normalized spacial score (nSPS) is 27.3. The van der Waals surface area contributed by atoms with Crippen LogP contribution in [0, 0.1) is 5.82 Å². The van der Waals surface area contributed by atoms with E-state index in [0.29, 0.717) is 0 Å². The zero-order chi connectivity index (χ0) is 12.5. The van der Waals surface area contributed by atoms with Crippen LogP contribution < -0.4 is 11.5 Å². The van der Waals surface area contributed by atoms with Crippen LogP contribution in [0.1, 0.15) is 18.5 Å². The fraction of sp³-hybridized carbons (Fsp3) is 0.455. The molecule has 2 rings (SSSR count). The fourth-order valence-corrected chi connectivity index (χ4v) is 2.20. The molecule has 0 amide bonds. The molecule has 0 aromatic carbocycles. The van der Waals surface area contributed by atoms with Gasteiger partial charge in [0.2, 0.25) is 0 Å². The molecule has 1 saturated carbocycles. The minimum atomic E-state index is -0.939. The summed E-state index contributed by atoms with van der Waals surface area (Å²) < 4.78 is 26.8. The zero-order valence-electron chi connectivity index (χ0n) is 9.24. The van der Waals surface area contributed by atoms with Gasteiger partial charge in [-0.25, -0.2) is 8.78 Å². The van der Waals surface area contributed by atoms with Crippen molar-refractivity contribution in [2.24, 2.45) is 16.5 Å². The second-order valence-corrected chi connectivity index (χ2v) is 4.36. The highest BCUT2D eigenvalue weighted by Gasteiger charge is 2.48. The smallest absolute Gasteiger partial charge is 0.185 e. The summed E-state index contributed by atoms with van der Waals surface area (Å²) in [5, 5.41) is 0. The predicted molar refractivity (Wildman–Crippen MR) is 60.7 cm³/mol. The maximum Gasteiger partial charge on any atom is 0.185 e. The second kappa shape index (κ2) is 4.27. The van der Waals surface area contributed by atoms with E-state index in [2.05, 4.69) is 9.98 Å². The predicted octanol–water partition coefficient (Wildman–Crippen LogP) is 0.864. The number of hydrogen-bond acceptors (Lipinski definition) is 2. The molecule has 1 aromatic heterocycles. The summed E-state index contributed by atoms with van der Waals surface area (Å²) in [4.78, 5) is 7.86. The molecule has 1 aliphatic carbocycles. The third-order valence-corrected chi connectivity index (χ3v) is 3.05. The summed E-state index contributed by atoms with van der Waals surface area (Å²) in [6.07, 6.45) is 0.960. The summed E-state index contributed by atoms with van der Waals surface area (Å²) in [5.41, 5.74) is 10.0. The van der Waals surface area contributed by atoms with Crippen molar-refractivity contribution < 1.29 is 8.78 Å². The van der Waals surface area contributed by atoms with Gasteiger partial charge in [0.1, 0.15) is 12.0 Å². The number of pyridine rings is 1. The van der Waals surface area contributed by atoms with Gasteiger partial charge in [-0.2, -0.15) is 0 Å². The van der Waals surface area contributed by atoms with E-state index in [9.17, 15) is 8.78 Å². The Bertz CT molecular complexity index is 437. The van der Waals surface area contributed by atoms with Crippen LogP contribution in [0.3, 0.4) is 0 Å². The lowest BCUT2D eigenvalue weighted by atomic mass is 9.65. The van der Waals surface area contributed by atoms with Crippen LogP contribution in [0.25, 0.3) is 0 Å². The largest absolute Gasteiger partial charge is 0.370 e. The van der Waals surface area contributed by atoms with Crippen molar-refractivity contribution in [2.45, 2.75) is 24.4 Å². The van der Waals surface area contributed by atoms with E-state index in [1.165, 1.54) is 18.3 Å². The minimum absolute atomic E-state index is 0.0805. The monoisotopic (exact) mass is 240 g/mol. The fourth-order valence-electron chi connectivity index (χ4n) is 2.20. The zero-order valence-corrected chi connectivity index (χ0v) is 9.24. The summed E-state index contributed by atoms with van der Waals surface area (Å²) in [7, 11) is 0. The SMILES string of the molecule is NC(N)=NCC1(c2ncccc2F)CC(F)C1. The first-order chi connectivity index (χ1) is 8.03. The van der Waals surface area contributed by atoms with Gasteiger partial charge in [0, 0.05) is 11.6 Å². The minimum Gasteiger partial charge on any atom is -0.370 e. The number of halogens is 2. The molecular weight excluding hydrogens is 226 g/mol. The van der Waals surface area contributed by atoms with Crippen molar-refractivity contribution in [1.29, 1.82) is 0 Å². The third-order valence-electron chi connectivity index (χ3n) is 3.05. The number of aromatic nitrogens is 1. The number of hydrogen-bond donors (Lipinski definition) is 2. The van der Waals surface area contributed by atoms with E-state index < -0.39 is 17.4 Å². The molecule has 1 fully saturated rings. The Balaban J connectivity index is 2.29. The Hall–Kier alpha value is -1.72. The average molecular weight is 240 g/mol. The standard InChI is InChI=1S/C11H14F2N4/c12-7-4-11(5-7,6-17-10(14)15)9-8(13)2-1-3-16-9/h1-3,7H,4-6H2,(H4,14,15,17). The molecular formula is C11H14F2N4. The first-order valence-corrected chi connectivity index (χ1v) is 5.34. The molecule has 0 saturated heterocycles. The van der Waals surface area contributed by atoms with Gasteiger partial charge in [0.25, 0.3) is 0 Å². The first kappa shape index (κ1) is 11.8. The Labute approximate surface area is 97.7 Å². The number of alkyl halides is 1. The molecule has 17 heavy (non-hydrogen) atoms. The van der Waals surface area contributed by atoms with Gasteiger partial charge in [0.05, 0.1) is 12.2 Å². The molecule has 1 aromatic rings. The van der Waals surface area contributed by atoms with Crippen molar-refractivity contribution in [3.8, 4) is 0 Å². The van der Waals surface area contributed by atoms with Crippen LogP contribution in [-0.4, -0.2) is 23.7 Å². The van der Waals surface area contributed by atoms with Crippen LogP contribution in [-0.2, 0) is 5.41 Å². The number of aliphatic imine (C=N–C) groups is 1. The van der Waals surface area contributed by atoms with Crippen molar-refractivity contribution >= 4 is 5.96 Å². The Morgan fingerprint density at radius 3 is 2.76 bits per heavy atom. The molecule has 0 aliphatic heterocycles. The van der Waals surface area contributed by atoms with E-state index in [4.69, 9.17) is 11.5 Å². The summed E-state index contributed by atoms with van der Waals surface area (Å²) in [6, 6.07) is 2.81. The first-order valence-electron chi connectivity index (χ1n) is 5.34. The lowest BCUT2D eigenvalue weighted by Crippen LogP contribution is -2.47. The number of guanidine groups is 1. The van der Waals surface area contributed by atoms with Gasteiger partial charge >= 0.3 is 0 Å². The van der Waals surface area contributed by atoms with Gasteiger partial charge < -0.3 is 11.5 Å². The lowest BCUT2D eigenvalue weighted by molar-refractivity contribution is 0.0935. The van der Waals surface area contributed by atoms with Crippen molar-refractivity contribution in [3.05, 3.63) is 29.8 Å². The molecule has 6 heteroatoms. The van der Waals surface area contributed by atoms with Crippen LogP contribution in [0.5, 0.6) is 0 Å². The summed E-state index contributed by atoms with van der Waals surface area (Å²) in [5.74, 6) is -0.520. The van der Waals surface area contributed by atoms with Gasteiger partial charge in [-0.05, 0) is 25.0 Å². The maximum absolute atomic E-state index is 13.7. The second-order valence-electron chi connectivity index (χ2n) is 4.36. The third kappa shape index (κ3) is 2.20. The van der Waals surface area contributed by atoms with Crippen molar-refractivity contribution in [3.63, 3.8) is 0 Å². The summed E-state index contributed by atoms with van der Waals surface area (Å²) in [6.45, 7) is 0.170. The molecule has 0 atom stereocenters. The molecule has 4 nitrogen and oxygen atoms in total. The van der Waals surface area contributed by atoms with E-state index in [0.717, 1.165) is 0 Å². The Morgan fingerprint density at radius 1 is 1.53 bits per heavy atom. The highest BCUT2D eigenvalue weighted by atomic mass is 19.1. The molecule has 0 unspecified atom stereocenters. The van der Waals surface area contributed by atoms with Gasteiger partial charge in [-0.15, -0.1) is 0 Å². The molecule has 92 valence electrons. The van der Waals surface area contributed by atoms with Crippen molar-refractivity contribution in [2.75, 3.05) is 6.54 Å². The number of nitrogens with two attached hydrogens (primary N) is 2. The summed E-state index contributed by atoms with van der Waals surface area (Å²) >= 11 is 0. The quantitative estimate of drug-likeness (QED) is 0.607. The molecule has 1 aliphatic rings. The molecule has 4 N–H and O–H groups in total. The van der Waals surface area contributed by atoms with Crippen LogP contribution in [0.4, 0.5) is 8.78 Å². The number of rotatable bonds is 3. The van der Waals surface area contributed by atoms with Gasteiger partial charge in [0.15, 0.2) is 5.96 Å². The molecule has 0 radical (unpaired) electrons. The number of nitrogens with zero attached hydrogens (tertiary/aromatic N) is 2. The topological polar surface area (TPSA) is 77.3 Å². The van der Waals surface area contributed by atoms with E-state index in [-0.39, 0.29) is 31.0 Å². The van der Waals surface area contributed by atoms with Crippen LogP contribution >= 0.6 is 0 Å². The van der Waals surface area contributed by atoms with Crippen LogP contribution in [0.2, 0.25) is 0 Å². The highest BCUT2D eigenvalue weighted by Crippen LogP contribution is 2.45. The van der Waals surface area contributed by atoms with Gasteiger partial charge in [-0.1, -0.05) is 0 Å². The van der Waals surface area contributed by atoms with Gasteiger partial charge in [-0.3, -0.25) is 9.98 Å². The van der Waals surface area contributed by atoms with Crippen LogP contribution in [0.15, 0.2) is 23.3 Å². The molecule has 0 spiro atoms. The van der Waals surface area contributed by atoms with Crippen molar-refractivity contribution in [1.82, 2.24) is 4.98 Å². The lowest BCUT2D eigenvalue weighted by Gasteiger charge is -2.42. The Morgan fingerprint density at radius 2 is 2.24 bits per heavy atom. The molecule has 1 heterocycles.